The highest BCUT2D eigenvalue weighted by Crippen LogP contribution is 2.23. The molecule has 1 fully saturated rings. The van der Waals surface area contributed by atoms with Crippen molar-refractivity contribution in [3.05, 3.63) is 23.2 Å². The van der Waals surface area contributed by atoms with Crippen molar-refractivity contribution in [3.8, 4) is 0 Å². The van der Waals surface area contributed by atoms with Crippen molar-refractivity contribution in [1.29, 1.82) is 0 Å². The monoisotopic (exact) mass is 309 g/mol. The summed E-state index contributed by atoms with van der Waals surface area (Å²) in [7, 11) is 0. The topological polar surface area (TPSA) is 58.4 Å². The van der Waals surface area contributed by atoms with E-state index in [1.54, 1.807) is 18.2 Å². The van der Waals surface area contributed by atoms with E-state index in [2.05, 4.69) is 24.1 Å². The summed E-state index contributed by atoms with van der Waals surface area (Å²) in [5, 5.41) is 3.42. The number of likely N-dealkylation sites (tertiary alicyclic amines) is 1. The molecule has 5 heteroatoms. The third kappa shape index (κ3) is 4.90. The SMILES string of the molecule is CC1CC(C)CN(CCC(=O)Nc2ccc(Cl)cc2N)C1. The first-order valence-corrected chi connectivity index (χ1v) is 7.89. The van der Waals surface area contributed by atoms with Gasteiger partial charge < -0.3 is 16.0 Å². The molecule has 1 heterocycles. The standard InChI is InChI=1S/C16H24ClN3O/c1-11-7-12(2)10-20(9-11)6-5-16(21)19-15-4-3-13(17)8-14(15)18/h3-4,8,11-12H,5-7,9-10,18H2,1-2H3,(H,19,21). The maximum atomic E-state index is 12.0. The van der Waals surface area contributed by atoms with Gasteiger partial charge in [-0.2, -0.15) is 0 Å². The van der Waals surface area contributed by atoms with Gasteiger partial charge in [-0.15, -0.1) is 0 Å². The van der Waals surface area contributed by atoms with Gasteiger partial charge in [-0.1, -0.05) is 25.4 Å². The van der Waals surface area contributed by atoms with Gasteiger partial charge in [0.25, 0.3) is 0 Å². The van der Waals surface area contributed by atoms with Crippen molar-refractivity contribution in [1.82, 2.24) is 4.90 Å². The Morgan fingerprint density at radius 3 is 2.67 bits per heavy atom. The average Bonchev–Trinajstić information content (AvgIpc) is 2.39. The average molecular weight is 310 g/mol. The fourth-order valence-electron chi connectivity index (χ4n) is 3.09. The zero-order valence-electron chi connectivity index (χ0n) is 12.7. The van der Waals surface area contributed by atoms with Crippen molar-refractivity contribution in [2.24, 2.45) is 11.8 Å². The smallest absolute Gasteiger partial charge is 0.225 e. The predicted octanol–water partition coefficient (Wildman–Crippen LogP) is 3.23. The third-order valence-corrected chi connectivity index (χ3v) is 4.12. The molecular weight excluding hydrogens is 286 g/mol. The van der Waals surface area contributed by atoms with Crippen LogP contribution in [0.3, 0.4) is 0 Å². The van der Waals surface area contributed by atoms with E-state index in [-0.39, 0.29) is 5.91 Å². The highest BCUT2D eigenvalue weighted by Gasteiger charge is 2.21. The molecule has 0 bridgehead atoms. The number of halogens is 1. The summed E-state index contributed by atoms with van der Waals surface area (Å²) in [6.45, 7) is 7.52. The Bertz CT molecular complexity index is 496. The maximum Gasteiger partial charge on any atom is 0.225 e. The van der Waals surface area contributed by atoms with Crippen LogP contribution in [0.4, 0.5) is 11.4 Å². The zero-order chi connectivity index (χ0) is 15.4. The number of anilines is 2. The Morgan fingerprint density at radius 2 is 2.05 bits per heavy atom. The summed E-state index contributed by atoms with van der Waals surface area (Å²) in [6, 6.07) is 5.10. The molecule has 0 aliphatic carbocycles. The molecule has 1 aliphatic rings. The van der Waals surface area contributed by atoms with E-state index < -0.39 is 0 Å². The highest BCUT2D eigenvalue weighted by molar-refractivity contribution is 6.31. The number of rotatable bonds is 4. The lowest BCUT2D eigenvalue weighted by atomic mass is 9.92. The zero-order valence-corrected chi connectivity index (χ0v) is 13.5. The molecular formula is C16H24ClN3O. The van der Waals surface area contributed by atoms with Gasteiger partial charge in [0.15, 0.2) is 0 Å². The Kier molecular flexibility index (Phi) is 5.48. The molecule has 1 aliphatic heterocycles. The Morgan fingerprint density at radius 1 is 1.38 bits per heavy atom. The number of nitrogens with two attached hydrogens (primary N) is 1. The number of nitrogen functional groups attached to an aromatic ring is 1. The molecule has 2 atom stereocenters. The molecule has 2 rings (SSSR count). The van der Waals surface area contributed by atoms with Crippen molar-refractivity contribution in [3.63, 3.8) is 0 Å². The van der Waals surface area contributed by atoms with E-state index in [1.165, 1.54) is 6.42 Å². The second-order valence-electron chi connectivity index (χ2n) is 6.24. The molecule has 0 aromatic heterocycles. The quantitative estimate of drug-likeness (QED) is 0.840. The van der Waals surface area contributed by atoms with Gasteiger partial charge in [0.05, 0.1) is 11.4 Å². The number of benzene rings is 1. The van der Waals surface area contributed by atoms with Crippen molar-refractivity contribution in [2.75, 3.05) is 30.7 Å². The van der Waals surface area contributed by atoms with Crippen LogP contribution in [-0.2, 0) is 4.79 Å². The van der Waals surface area contributed by atoms with E-state index in [0.29, 0.717) is 34.7 Å². The van der Waals surface area contributed by atoms with Crippen LogP contribution in [0.15, 0.2) is 18.2 Å². The number of carbonyl (C=O) groups excluding carboxylic acids is 1. The van der Waals surface area contributed by atoms with Gasteiger partial charge in [-0.25, -0.2) is 0 Å². The second kappa shape index (κ2) is 7.14. The first kappa shape index (κ1) is 16.1. The molecule has 4 nitrogen and oxygen atoms in total. The molecule has 1 aromatic rings. The number of nitrogens with one attached hydrogen (secondary N) is 1. The number of piperidine rings is 1. The summed E-state index contributed by atoms with van der Waals surface area (Å²) in [6.07, 6.45) is 1.77. The predicted molar refractivity (Wildman–Crippen MR) is 88.5 cm³/mol. The first-order valence-electron chi connectivity index (χ1n) is 7.51. The lowest BCUT2D eigenvalue weighted by Crippen LogP contribution is -2.40. The van der Waals surface area contributed by atoms with Crippen LogP contribution in [0, 0.1) is 11.8 Å². The van der Waals surface area contributed by atoms with Gasteiger partial charge >= 0.3 is 0 Å². The fraction of sp³-hybridized carbons (Fsp3) is 0.562. The minimum Gasteiger partial charge on any atom is -0.397 e. The van der Waals surface area contributed by atoms with Gasteiger partial charge in [0.1, 0.15) is 0 Å². The summed E-state index contributed by atoms with van der Waals surface area (Å²) in [5.41, 5.74) is 6.96. The number of amides is 1. The van der Waals surface area contributed by atoms with Crippen LogP contribution >= 0.6 is 11.6 Å². The molecule has 1 saturated heterocycles. The lowest BCUT2D eigenvalue weighted by molar-refractivity contribution is -0.116. The van der Waals surface area contributed by atoms with Crippen LogP contribution in [0.5, 0.6) is 0 Å². The second-order valence-corrected chi connectivity index (χ2v) is 6.67. The van der Waals surface area contributed by atoms with Crippen LogP contribution in [0.25, 0.3) is 0 Å². The minimum absolute atomic E-state index is 0.00472. The number of nitrogens with zero attached hydrogens (tertiary/aromatic N) is 1. The number of carbonyl (C=O) groups is 1. The molecule has 21 heavy (non-hydrogen) atoms. The Hall–Kier alpha value is -1.26. The van der Waals surface area contributed by atoms with Crippen LogP contribution < -0.4 is 11.1 Å². The molecule has 0 saturated carbocycles. The summed E-state index contributed by atoms with van der Waals surface area (Å²) < 4.78 is 0. The lowest BCUT2D eigenvalue weighted by Gasteiger charge is -2.34. The van der Waals surface area contributed by atoms with Crippen LogP contribution in [0.1, 0.15) is 26.7 Å². The van der Waals surface area contributed by atoms with Crippen molar-refractivity contribution in [2.45, 2.75) is 26.7 Å². The van der Waals surface area contributed by atoms with Crippen molar-refractivity contribution >= 4 is 28.9 Å². The molecule has 1 aromatic carbocycles. The van der Waals surface area contributed by atoms with Gasteiger partial charge in [0, 0.05) is 31.1 Å². The van der Waals surface area contributed by atoms with E-state index in [0.717, 1.165) is 19.6 Å². The number of hydrogen-bond donors (Lipinski definition) is 2. The van der Waals surface area contributed by atoms with Crippen LogP contribution in [-0.4, -0.2) is 30.4 Å². The molecule has 2 unspecified atom stereocenters. The van der Waals surface area contributed by atoms with Crippen LogP contribution in [0.2, 0.25) is 5.02 Å². The van der Waals surface area contributed by atoms with Crippen molar-refractivity contribution < 1.29 is 4.79 Å². The van der Waals surface area contributed by atoms with Gasteiger partial charge in [0.2, 0.25) is 5.91 Å². The van der Waals surface area contributed by atoms with E-state index in [1.807, 2.05) is 0 Å². The fourth-order valence-corrected chi connectivity index (χ4v) is 3.27. The molecule has 116 valence electrons. The largest absolute Gasteiger partial charge is 0.397 e. The molecule has 0 radical (unpaired) electrons. The highest BCUT2D eigenvalue weighted by atomic mass is 35.5. The van der Waals surface area contributed by atoms with Gasteiger partial charge in [-0.3, -0.25) is 4.79 Å². The summed E-state index contributed by atoms with van der Waals surface area (Å²) in [4.78, 5) is 14.4. The first-order chi connectivity index (χ1) is 9.94. The van der Waals surface area contributed by atoms with E-state index in [9.17, 15) is 4.79 Å². The van der Waals surface area contributed by atoms with E-state index in [4.69, 9.17) is 17.3 Å². The minimum atomic E-state index is -0.00472. The normalized spacial score (nSPS) is 23.0. The van der Waals surface area contributed by atoms with E-state index >= 15 is 0 Å². The number of hydrogen-bond acceptors (Lipinski definition) is 3. The molecule has 0 spiro atoms. The van der Waals surface area contributed by atoms with Gasteiger partial charge in [-0.05, 0) is 36.5 Å². The summed E-state index contributed by atoms with van der Waals surface area (Å²) in [5.74, 6) is 1.42. The summed E-state index contributed by atoms with van der Waals surface area (Å²) >= 11 is 5.84. The molecule has 3 N–H and O–H groups in total. The maximum absolute atomic E-state index is 12.0. The molecule has 1 amide bonds. The Labute approximate surface area is 131 Å². The Balaban J connectivity index is 1.82. The third-order valence-electron chi connectivity index (χ3n) is 3.89.